The van der Waals surface area contributed by atoms with Gasteiger partial charge in [-0.15, -0.1) is 0 Å². The highest BCUT2D eigenvalue weighted by Crippen LogP contribution is 2.37. The zero-order valence-electron chi connectivity index (χ0n) is 18.2. The summed E-state index contributed by atoms with van der Waals surface area (Å²) in [6, 6.07) is 5.60. The molecule has 2 aliphatic rings. The van der Waals surface area contributed by atoms with Gasteiger partial charge in [-0.3, -0.25) is 9.78 Å². The molecular formula is C22H25F3N2O6. The smallest absolute Gasteiger partial charge is 0.486 e. The van der Waals surface area contributed by atoms with Gasteiger partial charge in [0, 0.05) is 25.7 Å². The summed E-state index contributed by atoms with van der Waals surface area (Å²) in [6.45, 7) is 5.68. The third-order valence-electron chi connectivity index (χ3n) is 5.59. The molecule has 33 heavy (non-hydrogen) atoms. The van der Waals surface area contributed by atoms with E-state index in [1.807, 2.05) is 36.9 Å². The number of pyridine rings is 1. The van der Waals surface area contributed by atoms with Gasteiger partial charge < -0.3 is 23.9 Å². The molecule has 0 radical (unpaired) electrons. The number of aromatic nitrogens is 1. The van der Waals surface area contributed by atoms with Gasteiger partial charge in [0.05, 0.1) is 24.0 Å². The Morgan fingerprint density at radius 1 is 1.27 bits per heavy atom. The lowest BCUT2D eigenvalue weighted by Gasteiger charge is -2.38. The minimum Gasteiger partial charge on any atom is -0.486 e. The van der Waals surface area contributed by atoms with Crippen molar-refractivity contribution in [2.24, 2.45) is 0 Å². The minimum atomic E-state index is -5.08. The molecule has 2 fully saturated rings. The maximum Gasteiger partial charge on any atom is 0.490 e. The van der Waals surface area contributed by atoms with Crippen LogP contribution in [0.2, 0.25) is 0 Å². The summed E-state index contributed by atoms with van der Waals surface area (Å²) in [5.41, 5.74) is 0.494. The lowest BCUT2D eigenvalue weighted by Crippen LogP contribution is -2.46. The monoisotopic (exact) mass is 470 g/mol. The molecule has 0 saturated carbocycles. The van der Waals surface area contributed by atoms with E-state index in [2.05, 4.69) is 4.98 Å². The molecule has 11 heteroatoms. The first-order valence-corrected chi connectivity index (χ1v) is 10.4. The fourth-order valence-corrected chi connectivity index (χ4v) is 3.97. The van der Waals surface area contributed by atoms with Crippen LogP contribution in [0.5, 0.6) is 5.75 Å². The molecular weight excluding hydrogens is 445 g/mol. The van der Waals surface area contributed by atoms with Gasteiger partial charge in [0.15, 0.2) is 0 Å². The predicted octanol–water partition coefficient (Wildman–Crippen LogP) is 3.77. The van der Waals surface area contributed by atoms with Crippen LogP contribution in [0.4, 0.5) is 13.2 Å². The van der Waals surface area contributed by atoms with Crippen LogP contribution in [-0.4, -0.2) is 64.4 Å². The van der Waals surface area contributed by atoms with Gasteiger partial charge in [-0.05, 0) is 44.9 Å². The SMILES string of the molecule is Cc1cc(C(=O)N2CCC3(CC2)CC(Oc2cccnc2)CO3)c(C)o1.O=C(O)C(F)(F)F. The van der Waals surface area contributed by atoms with Crippen LogP contribution in [0.25, 0.3) is 0 Å². The molecule has 2 aliphatic heterocycles. The van der Waals surface area contributed by atoms with E-state index in [1.54, 1.807) is 12.4 Å². The van der Waals surface area contributed by atoms with Gasteiger partial charge in [-0.2, -0.15) is 13.2 Å². The van der Waals surface area contributed by atoms with Crippen molar-refractivity contribution in [1.29, 1.82) is 0 Å². The Kier molecular flexibility index (Phi) is 7.31. The summed E-state index contributed by atoms with van der Waals surface area (Å²) in [5.74, 6) is -0.469. The normalized spacial score (nSPS) is 19.7. The number of ether oxygens (including phenoxy) is 2. The number of carbonyl (C=O) groups excluding carboxylic acids is 1. The summed E-state index contributed by atoms with van der Waals surface area (Å²) in [7, 11) is 0. The van der Waals surface area contributed by atoms with E-state index in [9.17, 15) is 18.0 Å². The second-order valence-corrected chi connectivity index (χ2v) is 8.05. The molecule has 4 heterocycles. The van der Waals surface area contributed by atoms with Crippen molar-refractivity contribution in [1.82, 2.24) is 9.88 Å². The maximum atomic E-state index is 12.7. The van der Waals surface area contributed by atoms with E-state index >= 15 is 0 Å². The lowest BCUT2D eigenvalue weighted by molar-refractivity contribution is -0.192. The average Bonchev–Trinajstić information content (AvgIpc) is 3.30. The Balaban J connectivity index is 0.000000383. The number of likely N-dealkylation sites (tertiary alicyclic amines) is 1. The minimum absolute atomic E-state index is 0.0419. The van der Waals surface area contributed by atoms with Gasteiger partial charge in [0.2, 0.25) is 0 Å². The molecule has 0 aliphatic carbocycles. The first-order valence-electron chi connectivity index (χ1n) is 10.4. The molecule has 2 aromatic heterocycles. The molecule has 8 nitrogen and oxygen atoms in total. The Bertz CT molecular complexity index is 968. The highest BCUT2D eigenvalue weighted by Gasteiger charge is 2.44. The highest BCUT2D eigenvalue weighted by atomic mass is 19.4. The Labute approximate surface area is 188 Å². The number of halogens is 3. The van der Waals surface area contributed by atoms with Crippen molar-refractivity contribution in [2.45, 2.75) is 51.0 Å². The number of carboxylic acid groups (broad SMARTS) is 1. The van der Waals surface area contributed by atoms with E-state index in [0.717, 1.165) is 30.8 Å². The average molecular weight is 470 g/mol. The lowest BCUT2D eigenvalue weighted by atomic mass is 9.87. The molecule has 2 saturated heterocycles. The summed E-state index contributed by atoms with van der Waals surface area (Å²) in [5, 5.41) is 7.12. The second-order valence-electron chi connectivity index (χ2n) is 8.05. The second kappa shape index (κ2) is 9.82. The largest absolute Gasteiger partial charge is 0.490 e. The number of rotatable bonds is 3. The zero-order valence-corrected chi connectivity index (χ0v) is 18.2. The van der Waals surface area contributed by atoms with E-state index in [1.165, 1.54) is 0 Å². The van der Waals surface area contributed by atoms with E-state index in [4.69, 9.17) is 23.8 Å². The predicted molar refractivity (Wildman–Crippen MR) is 109 cm³/mol. The first-order chi connectivity index (χ1) is 15.5. The Morgan fingerprint density at radius 3 is 2.45 bits per heavy atom. The van der Waals surface area contributed by atoms with Gasteiger partial charge in [0.1, 0.15) is 23.4 Å². The molecule has 4 rings (SSSR count). The van der Waals surface area contributed by atoms with Gasteiger partial charge in [-0.25, -0.2) is 4.79 Å². The van der Waals surface area contributed by atoms with Crippen LogP contribution >= 0.6 is 0 Å². The van der Waals surface area contributed by atoms with E-state index in [-0.39, 0.29) is 17.6 Å². The van der Waals surface area contributed by atoms with E-state index < -0.39 is 12.1 Å². The number of nitrogens with zero attached hydrogens (tertiary/aromatic N) is 2. The van der Waals surface area contributed by atoms with Crippen molar-refractivity contribution in [3.05, 3.63) is 47.7 Å². The number of piperidine rings is 1. The quantitative estimate of drug-likeness (QED) is 0.729. The van der Waals surface area contributed by atoms with Gasteiger partial charge in [0.25, 0.3) is 5.91 Å². The van der Waals surface area contributed by atoms with Crippen LogP contribution < -0.4 is 4.74 Å². The molecule has 1 atom stereocenters. The summed E-state index contributed by atoms with van der Waals surface area (Å²) in [6.07, 6.45) is 0.938. The third kappa shape index (κ3) is 6.25. The van der Waals surface area contributed by atoms with Crippen LogP contribution in [0.1, 0.15) is 41.1 Å². The zero-order chi connectivity index (χ0) is 24.2. The van der Waals surface area contributed by atoms with Gasteiger partial charge >= 0.3 is 12.1 Å². The highest BCUT2D eigenvalue weighted by molar-refractivity contribution is 5.95. The standard InChI is InChI=1S/C20H24N2O4.C2HF3O2/c1-14-10-18(15(2)25-14)19(23)22-8-5-20(6-9-22)11-17(13-24-20)26-16-4-3-7-21-12-16;3-2(4,5)1(6)7/h3-4,7,10,12,17H,5-6,8-9,11,13H2,1-2H3;(H,6,7). The molecule has 0 bridgehead atoms. The number of aliphatic carboxylic acids is 1. The van der Waals surface area contributed by atoms with Crippen LogP contribution in [0.3, 0.4) is 0 Å². The summed E-state index contributed by atoms with van der Waals surface area (Å²) >= 11 is 0. The number of carboxylic acids is 1. The Hall–Kier alpha value is -3.08. The topological polar surface area (TPSA) is 102 Å². The number of carbonyl (C=O) groups is 2. The van der Waals surface area contributed by atoms with E-state index in [0.29, 0.717) is 31.0 Å². The fourth-order valence-electron chi connectivity index (χ4n) is 3.97. The summed E-state index contributed by atoms with van der Waals surface area (Å²) in [4.78, 5) is 27.6. The Morgan fingerprint density at radius 2 is 1.94 bits per heavy atom. The van der Waals surface area contributed by atoms with Gasteiger partial charge in [-0.1, -0.05) is 0 Å². The van der Waals surface area contributed by atoms with Crippen molar-refractivity contribution in [3.8, 4) is 5.75 Å². The fraction of sp³-hybridized carbons (Fsp3) is 0.500. The number of alkyl halides is 3. The van der Waals surface area contributed by atoms with Crippen LogP contribution in [0.15, 0.2) is 35.0 Å². The first kappa shape index (κ1) is 24.6. The number of aryl methyl sites for hydroxylation is 2. The molecule has 0 aromatic carbocycles. The van der Waals surface area contributed by atoms with Crippen molar-refractivity contribution in [2.75, 3.05) is 19.7 Å². The van der Waals surface area contributed by atoms with Crippen molar-refractivity contribution in [3.63, 3.8) is 0 Å². The molecule has 1 unspecified atom stereocenters. The molecule has 1 spiro atoms. The van der Waals surface area contributed by atoms with Crippen LogP contribution in [-0.2, 0) is 9.53 Å². The number of hydrogen-bond donors (Lipinski definition) is 1. The van der Waals surface area contributed by atoms with Crippen LogP contribution in [0, 0.1) is 13.8 Å². The number of hydrogen-bond acceptors (Lipinski definition) is 6. The molecule has 2 aromatic rings. The third-order valence-corrected chi connectivity index (χ3v) is 5.59. The van der Waals surface area contributed by atoms with Crippen molar-refractivity contribution >= 4 is 11.9 Å². The molecule has 180 valence electrons. The number of furan rings is 1. The molecule has 1 amide bonds. The molecule has 1 N–H and O–H groups in total. The summed E-state index contributed by atoms with van der Waals surface area (Å²) < 4.78 is 49.3. The number of amides is 1. The maximum absolute atomic E-state index is 12.7. The van der Waals surface area contributed by atoms with Crippen molar-refractivity contribution < 1.29 is 41.8 Å².